The molecule has 0 aliphatic carbocycles. The van der Waals surface area contributed by atoms with Crippen LogP contribution in [-0.2, 0) is 4.79 Å². The summed E-state index contributed by atoms with van der Waals surface area (Å²) in [6.45, 7) is 0. The zero-order valence-electron chi connectivity index (χ0n) is 11.3. The fraction of sp³-hybridized carbons (Fsp3) is 0.200. The van der Waals surface area contributed by atoms with Gasteiger partial charge in [0.2, 0.25) is 0 Å². The summed E-state index contributed by atoms with van der Waals surface area (Å²) in [5.41, 5.74) is 1.10. The lowest BCUT2D eigenvalue weighted by Crippen LogP contribution is -2.28. The van der Waals surface area contributed by atoms with Crippen LogP contribution in [0.2, 0.25) is 0 Å². The van der Waals surface area contributed by atoms with E-state index in [2.05, 4.69) is 15.1 Å². The predicted octanol–water partition coefficient (Wildman–Crippen LogP) is 2.53. The Bertz CT molecular complexity index is 633. The summed E-state index contributed by atoms with van der Waals surface area (Å²) in [4.78, 5) is 20.5. The molecule has 0 radical (unpaired) electrons. The molecule has 21 heavy (non-hydrogen) atoms. The molecule has 1 atom stereocenters. The van der Waals surface area contributed by atoms with Gasteiger partial charge in [-0.2, -0.15) is 5.10 Å². The largest absolute Gasteiger partial charge is 0.272 e. The summed E-state index contributed by atoms with van der Waals surface area (Å²) in [7, 11) is 0. The maximum atomic E-state index is 12.3. The lowest BCUT2D eigenvalue weighted by Gasteiger charge is -2.21. The van der Waals surface area contributed by atoms with Crippen molar-refractivity contribution >= 4 is 23.9 Å². The van der Waals surface area contributed by atoms with Gasteiger partial charge in [0.25, 0.3) is 5.91 Å². The molecule has 0 bridgehead atoms. The van der Waals surface area contributed by atoms with E-state index in [1.54, 1.807) is 29.7 Å². The van der Waals surface area contributed by atoms with Gasteiger partial charge in [-0.15, -0.1) is 0 Å². The molecule has 0 spiro atoms. The van der Waals surface area contributed by atoms with Crippen LogP contribution in [-0.4, -0.2) is 32.9 Å². The molecule has 1 aromatic heterocycles. The van der Waals surface area contributed by atoms with Crippen LogP contribution < -0.4 is 0 Å². The van der Waals surface area contributed by atoms with E-state index in [1.807, 2.05) is 30.3 Å². The van der Waals surface area contributed by atoms with Crippen molar-refractivity contribution in [2.45, 2.75) is 17.6 Å². The number of aromatic nitrogens is 2. The van der Waals surface area contributed by atoms with Gasteiger partial charge < -0.3 is 0 Å². The highest BCUT2D eigenvalue weighted by Gasteiger charge is 2.27. The van der Waals surface area contributed by atoms with Gasteiger partial charge >= 0.3 is 0 Å². The first kappa shape index (κ1) is 13.8. The molecular formula is C15H14N4OS. The number of thioether (sulfide) groups is 1. The molecule has 1 aliphatic rings. The number of amides is 1. The molecule has 106 valence electrons. The molecule has 0 saturated carbocycles. The summed E-state index contributed by atoms with van der Waals surface area (Å²) in [6.07, 6.45) is 5.88. The third-order valence-electron chi connectivity index (χ3n) is 3.14. The Balaban J connectivity index is 1.65. The molecule has 6 heteroatoms. The molecule has 2 heterocycles. The van der Waals surface area contributed by atoms with Crippen LogP contribution in [0.25, 0.3) is 0 Å². The van der Waals surface area contributed by atoms with Crippen LogP contribution in [0.1, 0.15) is 18.0 Å². The van der Waals surface area contributed by atoms with Crippen molar-refractivity contribution in [3.05, 3.63) is 54.4 Å². The highest BCUT2D eigenvalue weighted by molar-refractivity contribution is 7.99. The first-order valence-corrected chi connectivity index (χ1v) is 7.62. The van der Waals surface area contributed by atoms with Crippen molar-refractivity contribution in [2.24, 2.45) is 5.10 Å². The monoisotopic (exact) mass is 298 g/mol. The van der Waals surface area contributed by atoms with Gasteiger partial charge in [0.1, 0.15) is 0 Å². The smallest absolute Gasteiger partial charge is 0.253 e. The summed E-state index contributed by atoms with van der Waals surface area (Å²) in [5.74, 6) is 0.250. The van der Waals surface area contributed by atoms with Crippen LogP contribution in [0.5, 0.6) is 0 Å². The minimum atomic E-state index is -0.0324. The Morgan fingerprint density at radius 3 is 2.71 bits per heavy atom. The summed E-state index contributed by atoms with van der Waals surface area (Å²) in [6, 6.07) is 11.7. The molecule has 1 aromatic carbocycles. The fourth-order valence-corrected chi connectivity index (χ4v) is 2.81. The van der Waals surface area contributed by atoms with E-state index in [0.717, 1.165) is 12.0 Å². The summed E-state index contributed by atoms with van der Waals surface area (Å²) >= 11 is 1.33. The van der Waals surface area contributed by atoms with E-state index >= 15 is 0 Å². The minimum absolute atomic E-state index is 0.00371. The van der Waals surface area contributed by atoms with Crippen LogP contribution in [0, 0.1) is 0 Å². The maximum absolute atomic E-state index is 12.3. The fourth-order valence-electron chi connectivity index (χ4n) is 2.16. The summed E-state index contributed by atoms with van der Waals surface area (Å²) in [5, 5.41) is 6.37. The van der Waals surface area contributed by atoms with Crippen LogP contribution in [0.15, 0.2) is 59.0 Å². The van der Waals surface area contributed by atoms with Gasteiger partial charge in [0.05, 0.1) is 11.8 Å². The van der Waals surface area contributed by atoms with E-state index < -0.39 is 0 Å². The second kappa shape index (κ2) is 6.49. The number of hydrogen-bond acceptors (Lipinski definition) is 5. The van der Waals surface area contributed by atoms with Gasteiger partial charge in [-0.25, -0.2) is 15.0 Å². The summed E-state index contributed by atoms with van der Waals surface area (Å²) < 4.78 is 0. The zero-order valence-corrected chi connectivity index (χ0v) is 12.1. The van der Waals surface area contributed by atoms with Crippen molar-refractivity contribution in [1.82, 2.24) is 15.0 Å². The molecule has 0 N–H and O–H groups in total. The molecule has 5 nitrogen and oxygen atoms in total. The van der Waals surface area contributed by atoms with Crippen LogP contribution in [0.3, 0.4) is 0 Å². The topological polar surface area (TPSA) is 58.5 Å². The SMILES string of the molecule is O=C(CSc1ncccn1)N1N=CC[C@@H]1c1ccccc1. The number of hydrazone groups is 1. The number of carbonyl (C=O) groups excluding carboxylic acids is 1. The molecule has 0 fully saturated rings. The number of hydrogen-bond donors (Lipinski definition) is 0. The van der Waals surface area contributed by atoms with Crippen LogP contribution >= 0.6 is 11.8 Å². The van der Waals surface area contributed by atoms with Crippen molar-refractivity contribution < 1.29 is 4.79 Å². The Kier molecular flexibility index (Phi) is 4.25. The number of rotatable bonds is 4. The number of nitrogens with zero attached hydrogens (tertiary/aromatic N) is 4. The normalized spacial score (nSPS) is 17.1. The highest BCUT2D eigenvalue weighted by atomic mass is 32.2. The van der Waals surface area contributed by atoms with E-state index in [-0.39, 0.29) is 17.7 Å². The van der Waals surface area contributed by atoms with Crippen LogP contribution in [0.4, 0.5) is 0 Å². The van der Waals surface area contributed by atoms with E-state index in [0.29, 0.717) is 5.16 Å². The first-order valence-electron chi connectivity index (χ1n) is 6.64. The van der Waals surface area contributed by atoms with Crippen molar-refractivity contribution in [2.75, 3.05) is 5.75 Å². The standard InChI is InChI=1S/C15H14N4OS/c20-14(11-21-15-16-8-4-9-17-15)19-13(7-10-18-19)12-5-2-1-3-6-12/h1-6,8-10,13H,7,11H2/t13-/m1/s1. The third kappa shape index (κ3) is 3.28. The van der Waals surface area contributed by atoms with Crippen molar-refractivity contribution in [3.63, 3.8) is 0 Å². The predicted molar refractivity (Wildman–Crippen MR) is 81.9 cm³/mol. The molecule has 2 aromatic rings. The first-order chi connectivity index (χ1) is 10.3. The highest BCUT2D eigenvalue weighted by Crippen LogP contribution is 2.28. The third-order valence-corrected chi connectivity index (χ3v) is 4.00. The molecule has 3 rings (SSSR count). The average molecular weight is 298 g/mol. The van der Waals surface area contributed by atoms with E-state index in [1.165, 1.54) is 11.8 Å². The van der Waals surface area contributed by atoms with E-state index in [4.69, 9.17) is 0 Å². The Labute approximate surface area is 127 Å². The van der Waals surface area contributed by atoms with E-state index in [9.17, 15) is 4.79 Å². The van der Waals surface area contributed by atoms with Gasteiger partial charge in [-0.05, 0) is 11.6 Å². The second-order valence-corrected chi connectivity index (χ2v) is 5.46. The zero-order chi connectivity index (χ0) is 14.5. The lowest BCUT2D eigenvalue weighted by molar-refractivity contribution is -0.130. The molecule has 1 aliphatic heterocycles. The number of benzene rings is 1. The van der Waals surface area contributed by atoms with Crippen molar-refractivity contribution in [1.29, 1.82) is 0 Å². The molecule has 0 unspecified atom stereocenters. The minimum Gasteiger partial charge on any atom is -0.272 e. The molecule has 0 saturated heterocycles. The average Bonchev–Trinajstić information content (AvgIpc) is 3.04. The van der Waals surface area contributed by atoms with Gasteiger partial charge in [-0.1, -0.05) is 42.1 Å². The maximum Gasteiger partial charge on any atom is 0.253 e. The van der Waals surface area contributed by atoms with Crippen molar-refractivity contribution in [3.8, 4) is 0 Å². The van der Waals surface area contributed by atoms with Gasteiger partial charge in [0, 0.05) is 25.0 Å². The molecule has 1 amide bonds. The molecular weight excluding hydrogens is 284 g/mol. The Morgan fingerprint density at radius 1 is 1.19 bits per heavy atom. The number of carbonyl (C=O) groups is 1. The Morgan fingerprint density at radius 2 is 1.95 bits per heavy atom. The Hall–Kier alpha value is -2.21. The van der Waals surface area contributed by atoms with Gasteiger partial charge in [0.15, 0.2) is 5.16 Å². The van der Waals surface area contributed by atoms with Gasteiger partial charge in [-0.3, -0.25) is 4.79 Å². The quantitative estimate of drug-likeness (QED) is 0.643. The lowest BCUT2D eigenvalue weighted by atomic mass is 10.0. The second-order valence-electron chi connectivity index (χ2n) is 4.52.